The molecule has 27 heavy (non-hydrogen) atoms. The zero-order chi connectivity index (χ0) is 19.8. The second-order valence-corrected chi connectivity index (χ2v) is 8.89. The predicted molar refractivity (Wildman–Crippen MR) is 127 cm³/mol. The van der Waals surface area contributed by atoms with E-state index in [4.69, 9.17) is 0 Å². The average molecular weight is 379 g/mol. The van der Waals surface area contributed by atoms with Gasteiger partial charge in [0.1, 0.15) is 0 Å². The highest BCUT2D eigenvalue weighted by Gasteiger charge is 2.05. The van der Waals surface area contributed by atoms with Gasteiger partial charge in [0, 0.05) is 0 Å². The van der Waals surface area contributed by atoms with E-state index in [1.54, 1.807) is 0 Å². The van der Waals surface area contributed by atoms with Gasteiger partial charge in [0.05, 0.1) is 0 Å². The largest absolute Gasteiger partial charge is 0.0885 e. The Labute approximate surface area is 174 Å². The van der Waals surface area contributed by atoms with Crippen molar-refractivity contribution in [3.8, 4) is 0 Å². The molecule has 0 aromatic heterocycles. The third kappa shape index (κ3) is 21.9. The van der Waals surface area contributed by atoms with Crippen LogP contribution in [0.3, 0.4) is 0 Å². The summed E-state index contributed by atoms with van der Waals surface area (Å²) in [6.07, 6.45) is 34.9. The number of unbranched alkanes of at least 4 members (excludes halogenated alkanes) is 15. The van der Waals surface area contributed by atoms with Gasteiger partial charge in [0.15, 0.2) is 0 Å². The molecule has 1 unspecified atom stereocenters. The summed E-state index contributed by atoms with van der Waals surface area (Å²) in [5.41, 5.74) is 0. The minimum Gasteiger partial charge on any atom is -0.0885 e. The normalized spacial score (nSPS) is 12.9. The first kappa shape index (κ1) is 26.7. The van der Waals surface area contributed by atoms with E-state index in [0.717, 1.165) is 5.92 Å². The van der Waals surface area contributed by atoms with Crippen molar-refractivity contribution >= 4 is 0 Å². The lowest BCUT2D eigenvalue weighted by atomic mass is 9.92. The molecule has 0 N–H and O–H groups in total. The molecule has 0 amide bonds. The molecule has 0 aromatic rings. The quantitative estimate of drug-likeness (QED) is 0.130. The van der Waals surface area contributed by atoms with Crippen molar-refractivity contribution in [3.05, 3.63) is 12.2 Å². The van der Waals surface area contributed by atoms with E-state index in [1.807, 2.05) is 0 Å². The van der Waals surface area contributed by atoms with E-state index in [0.29, 0.717) is 0 Å². The van der Waals surface area contributed by atoms with Crippen LogP contribution < -0.4 is 0 Å². The molecule has 162 valence electrons. The molecule has 0 spiro atoms. The highest BCUT2D eigenvalue weighted by Crippen LogP contribution is 2.21. The summed E-state index contributed by atoms with van der Waals surface area (Å²) < 4.78 is 0. The van der Waals surface area contributed by atoms with Crippen molar-refractivity contribution < 1.29 is 0 Å². The van der Waals surface area contributed by atoms with E-state index in [-0.39, 0.29) is 0 Å². The molecule has 0 heterocycles. The molecule has 0 aliphatic carbocycles. The van der Waals surface area contributed by atoms with Crippen molar-refractivity contribution in [3.63, 3.8) is 0 Å². The fraction of sp³-hybridized carbons (Fsp3) is 0.926. The number of allylic oxidation sites excluding steroid dienone is 2. The Hall–Kier alpha value is -0.260. The maximum atomic E-state index is 2.51. The molecule has 0 saturated carbocycles. The fourth-order valence-electron chi connectivity index (χ4n) is 4.16. The van der Waals surface area contributed by atoms with Gasteiger partial charge in [-0.2, -0.15) is 0 Å². The zero-order valence-corrected chi connectivity index (χ0v) is 19.6. The Balaban J connectivity index is 3.50. The lowest BCUT2D eigenvalue weighted by Crippen LogP contribution is -1.99. The van der Waals surface area contributed by atoms with Gasteiger partial charge >= 0.3 is 0 Å². The van der Waals surface area contributed by atoms with Gasteiger partial charge in [-0.05, 0) is 25.2 Å². The summed E-state index contributed by atoms with van der Waals surface area (Å²) >= 11 is 0. The average Bonchev–Trinajstić information content (AvgIpc) is 2.68. The van der Waals surface area contributed by atoms with Gasteiger partial charge < -0.3 is 0 Å². The molecule has 1 atom stereocenters. The van der Waals surface area contributed by atoms with Crippen molar-refractivity contribution in [2.45, 2.75) is 156 Å². The summed E-state index contributed by atoms with van der Waals surface area (Å²) in [6, 6.07) is 0. The molecule has 0 fully saturated rings. The van der Waals surface area contributed by atoms with Gasteiger partial charge in [-0.1, -0.05) is 148 Å². The monoisotopic (exact) mass is 378 g/mol. The second-order valence-electron chi connectivity index (χ2n) is 8.89. The fourth-order valence-corrected chi connectivity index (χ4v) is 4.16. The zero-order valence-electron chi connectivity index (χ0n) is 19.6. The van der Waals surface area contributed by atoms with Crippen LogP contribution in [0.4, 0.5) is 0 Å². The first-order valence-electron chi connectivity index (χ1n) is 13.0. The van der Waals surface area contributed by atoms with Crippen LogP contribution in [0.1, 0.15) is 156 Å². The molecule has 0 aromatic carbocycles. The first-order chi connectivity index (χ1) is 13.3. The smallest absolute Gasteiger partial charge is 0.0322 e. The summed E-state index contributed by atoms with van der Waals surface area (Å²) in [7, 11) is 0. The molecule has 0 saturated heterocycles. The highest BCUT2D eigenvalue weighted by molar-refractivity contribution is 4.84. The van der Waals surface area contributed by atoms with Crippen LogP contribution in [0, 0.1) is 5.92 Å². The van der Waals surface area contributed by atoms with Crippen molar-refractivity contribution in [1.29, 1.82) is 0 Å². The van der Waals surface area contributed by atoms with Crippen LogP contribution in [0.25, 0.3) is 0 Å². The Morgan fingerprint density at radius 1 is 0.444 bits per heavy atom. The van der Waals surface area contributed by atoms with Crippen LogP contribution in [0.2, 0.25) is 0 Å². The minimum absolute atomic E-state index is 0.949. The van der Waals surface area contributed by atoms with Gasteiger partial charge in [0.25, 0.3) is 0 Å². The topological polar surface area (TPSA) is 0 Å². The third-order valence-corrected chi connectivity index (χ3v) is 6.02. The molecule has 0 heteroatoms. The molecule has 0 bridgehead atoms. The van der Waals surface area contributed by atoms with E-state index in [1.165, 1.54) is 135 Å². The van der Waals surface area contributed by atoms with E-state index < -0.39 is 0 Å². The Kier molecular flexibility index (Phi) is 23.5. The van der Waals surface area contributed by atoms with Gasteiger partial charge in [-0.15, -0.1) is 0 Å². The van der Waals surface area contributed by atoms with Gasteiger partial charge in [-0.3, -0.25) is 0 Å². The van der Waals surface area contributed by atoms with Crippen molar-refractivity contribution in [2.24, 2.45) is 5.92 Å². The second kappa shape index (κ2) is 23.8. The number of hydrogen-bond acceptors (Lipinski definition) is 0. The predicted octanol–water partition coefficient (Wildman–Crippen LogP) is 10.4. The lowest BCUT2D eigenvalue weighted by molar-refractivity contribution is 0.422. The van der Waals surface area contributed by atoms with E-state index in [2.05, 4.69) is 32.9 Å². The lowest BCUT2D eigenvalue weighted by Gasteiger charge is -2.13. The summed E-state index contributed by atoms with van der Waals surface area (Å²) in [4.78, 5) is 0. The Bertz CT molecular complexity index is 278. The van der Waals surface area contributed by atoms with Crippen LogP contribution in [0.5, 0.6) is 0 Å². The number of hydrogen-bond donors (Lipinski definition) is 0. The standard InChI is InChI=1S/C27H54/c1-4-7-9-11-13-14-15-16-17-19-21-23-26-27(24-6-3)25-22-20-18-12-10-8-5-2/h21,23,27H,4-20,22,24-26H2,1-3H3. The van der Waals surface area contributed by atoms with Crippen molar-refractivity contribution in [2.75, 3.05) is 0 Å². The van der Waals surface area contributed by atoms with Crippen LogP contribution >= 0.6 is 0 Å². The van der Waals surface area contributed by atoms with Crippen molar-refractivity contribution in [1.82, 2.24) is 0 Å². The third-order valence-electron chi connectivity index (χ3n) is 6.02. The Morgan fingerprint density at radius 2 is 0.926 bits per heavy atom. The molecule has 0 nitrogen and oxygen atoms in total. The van der Waals surface area contributed by atoms with E-state index >= 15 is 0 Å². The van der Waals surface area contributed by atoms with Crippen LogP contribution in [-0.2, 0) is 0 Å². The summed E-state index contributed by atoms with van der Waals surface area (Å²) in [5.74, 6) is 0.949. The molecule has 0 aliphatic rings. The Morgan fingerprint density at radius 3 is 1.44 bits per heavy atom. The maximum absolute atomic E-state index is 2.51. The van der Waals surface area contributed by atoms with E-state index in [9.17, 15) is 0 Å². The van der Waals surface area contributed by atoms with Gasteiger partial charge in [-0.25, -0.2) is 0 Å². The highest BCUT2D eigenvalue weighted by atomic mass is 14.1. The SMILES string of the molecule is CCCCCCCCCCCC=CCC(CCC)CCCCCCCCC. The maximum Gasteiger partial charge on any atom is -0.0322 e. The molecule has 0 rings (SSSR count). The molecular weight excluding hydrogens is 324 g/mol. The molecule has 0 radical (unpaired) electrons. The number of rotatable bonds is 22. The molecular formula is C27H54. The minimum atomic E-state index is 0.949. The van der Waals surface area contributed by atoms with Crippen LogP contribution in [-0.4, -0.2) is 0 Å². The van der Waals surface area contributed by atoms with Crippen LogP contribution in [0.15, 0.2) is 12.2 Å². The first-order valence-corrected chi connectivity index (χ1v) is 13.0. The summed E-state index contributed by atoms with van der Waals surface area (Å²) in [6.45, 7) is 6.95. The molecule has 0 aliphatic heterocycles. The van der Waals surface area contributed by atoms with Gasteiger partial charge in [0.2, 0.25) is 0 Å². The summed E-state index contributed by atoms with van der Waals surface area (Å²) in [5, 5.41) is 0.